The number of hydrogen-bond donors (Lipinski definition) is 1. The third kappa shape index (κ3) is 4.43. The summed E-state index contributed by atoms with van der Waals surface area (Å²) in [6.45, 7) is 5.06. The molecule has 0 spiro atoms. The Kier molecular flexibility index (Phi) is 6.52. The second-order valence-electron chi connectivity index (χ2n) is 9.52. The number of aliphatic hydroxyl groups is 1. The van der Waals surface area contributed by atoms with E-state index in [4.69, 9.17) is 9.47 Å². The van der Waals surface area contributed by atoms with Gasteiger partial charge in [0.1, 0.15) is 23.9 Å². The molecular formula is C30H27N3O5. The maximum atomic E-state index is 13.5. The fourth-order valence-electron chi connectivity index (χ4n) is 4.79. The SMILES string of the molecule is CC(C)Oc1cccc(C2/C(=C(/O)c3ccc4c(c3)N(C)CCO4)C(=O)C(=O)N2c2ccc(C#N)cc2)c1. The lowest BCUT2D eigenvalue weighted by Crippen LogP contribution is -2.29. The van der Waals surface area contributed by atoms with Gasteiger partial charge in [-0.2, -0.15) is 5.26 Å². The van der Waals surface area contributed by atoms with Crippen molar-refractivity contribution in [2.45, 2.75) is 26.0 Å². The van der Waals surface area contributed by atoms with E-state index in [-0.39, 0.29) is 17.4 Å². The molecule has 1 fully saturated rings. The summed E-state index contributed by atoms with van der Waals surface area (Å²) in [6, 6.07) is 19.9. The third-order valence-electron chi connectivity index (χ3n) is 6.59. The summed E-state index contributed by atoms with van der Waals surface area (Å²) in [5.74, 6) is -0.579. The Bertz CT molecular complexity index is 1490. The largest absolute Gasteiger partial charge is 0.507 e. The van der Waals surface area contributed by atoms with Gasteiger partial charge in [0, 0.05) is 18.3 Å². The van der Waals surface area contributed by atoms with Gasteiger partial charge in [-0.3, -0.25) is 14.5 Å². The molecular weight excluding hydrogens is 482 g/mol. The molecule has 0 bridgehead atoms. The van der Waals surface area contributed by atoms with Crippen LogP contribution in [-0.4, -0.2) is 43.1 Å². The van der Waals surface area contributed by atoms with Crippen LogP contribution in [0.1, 0.15) is 36.6 Å². The summed E-state index contributed by atoms with van der Waals surface area (Å²) >= 11 is 0. The predicted molar refractivity (Wildman–Crippen MR) is 143 cm³/mol. The number of rotatable bonds is 5. The molecule has 1 unspecified atom stereocenters. The zero-order valence-corrected chi connectivity index (χ0v) is 21.3. The molecule has 2 aliphatic rings. The Balaban J connectivity index is 1.69. The lowest BCUT2D eigenvalue weighted by molar-refractivity contribution is -0.132. The van der Waals surface area contributed by atoms with Crippen LogP contribution in [0.15, 0.2) is 72.3 Å². The lowest BCUT2D eigenvalue weighted by Gasteiger charge is -2.28. The monoisotopic (exact) mass is 509 g/mol. The van der Waals surface area contributed by atoms with Crippen molar-refractivity contribution in [1.29, 1.82) is 5.26 Å². The van der Waals surface area contributed by atoms with E-state index in [1.807, 2.05) is 25.8 Å². The summed E-state index contributed by atoms with van der Waals surface area (Å²) in [6.07, 6.45) is -0.0789. The van der Waals surface area contributed by atoms with Gasteiger partial charge < -0.3 is 19.5 Å². The number of nitriles is 1. The standard InChI is InChI=1S/C30H27N3O5/c1-18(2)38-23-6-4-5-20(15-23)27-26(28(34)21-9-12-25-24(16-21)32(3)13-14-37-25)29(35)30(36)33(27)22-10-7-19(17-31)8-11-22/h4-12,15-16,18,27,34H,13-14H2,1-3H3/b28-26-. The molecule has 1 saturated heterocycles. The number of nitrogens with zero attached hydrogens (tertiary/aromatic N) is 3. The molecule has 0 radical (unpaired) electrons. The number of Topliss-reactive ketones (excluding diaryl/α,β-unsaturated/α-hetero) is 1. The van der Waals surface area contributed by atoms with Crippen molar-refractivity contribution in [2.75, 3.05) is 30.0 Å². The normalized spacial score (nSPS) is 18.2. The van der Waals surface area contributed by atoms with Gasteiger partial charge in [-0.15, -0.1) is 0 Å². The highest BCUT2D eigenvalue weighted by molar-refractivity contribution is 6.51. The Morgan fingerprint density at radius 3 is 2.58 bits per heavy atom. The first-order valence-electron chi connectivity index (χ1n) is 12.3. The minimum Gasteiger partial charge on any atom is -0.507 e. The third-order valence-corrected chi connectivity index (χ3v) is 6.59. The molecule has 2 aliphatic heterocycles. The van der Waals surface area contributed by atoms with E-state index in [1.54, 1.807) is 66.7 Å². The van der Waals surface area contributed by atoms with Crippen LogP contribution in [0.2, 0.25) is 0 Å². The van der Waals surface area contributed by atoms with Crippen molar-refractivity contribution in [2.24, 2.45) is 0 Å². The van der Waals surface area contributed by atoms with Crippen molar-refractivity contribution in [3.8, 4) is 17.6 Å². The molecule has 38 heavy (non-hydrogen) atoms. The van der Waals surface area contributed by atoms with Crippen molar-refractivity contribution in [3.05, 3.63) is 89.0 Å². The molecule has 0 saturated carbocycles. The molecule has 2 heterocycles. The van der Waals surface area contributed by atoms with Crippen molar-refractivity contribution in [3.63, 3.8) is 0 Å². The number of ether oxygens (including phenoxy) is 2. The van der Waals surface area contributed by atoms with E-state index in [0.29, 0.717) is 47.0 Å². The van der Waals surface area contributed by atoms with E-state index in [9.17, 15) is 20.0 Å². The molecule has 1 atom stereocenters. The van der Waals surface area contributed by atoms with Gasteiger partial charge in [0.25, 0.3) is 11.7 Å². The number of fused-ring (bicyclic) bond motifs is 1. The van der Waals surface area contributed by atoms with Gasteiger partial charge in [-0.25, -0.2) is 0 Å². The maximum absolute atomic E-state index is 13.5. The molecule has 1 amide bonds. The second kappa shape index (κ2) is 9.94. The molecule has 3 aromatic carbocycles. The highest BCUT2D eigenvalue weighted by Gasteiger charge is 2.47. The average molecular weight is 510 g/mol. The maximum Gasteiger partial charge on any atom is 0.300 e. The number of aliphatic hydroxyl groups excluding tert-OH is 1. The molecule has 0 aromatic heterocycles. The minimum absolute atomic E-state index is 0.0274. The number of anilines is 2. The van der Waals surface area contributed by atoms with Gasteiger partial charge in [0.2, 0.25) is 0 Å². The van der Waals surface area contributed by atoms with E-state index in [1.165, 1.54) is 4.90 Å². The topological polar surface area (TPSA) is 103 Å². The number of carbonyl (C=O) groups excluding carboxylic acids is 2. The first kappa shape index (κ1) is 24.9. The Morgan fingerprint density at radius 2 is 1.87 bits per heavy atom. The smallest absolute Gasteiger partial charge is 0.300 e. The predicted octanol–water partition coefficient (Wildman–Crippen LogP) is 4.80. The second-order valence-corrected chi connectivity index (χ2v) is 9.52. The number of carbonyl (C=O) groups is 2. The summed E-state index contributed by atoms with van der Waals surface area (Å²) in [5.41, 5.74) is 2.62. The van der Waals surface area contributed by atoms with Crippen molar-refractivity contribution < 1.29 is 24.2 Å². The number of benzene rings is 3. The lowest BCUT2D eigenvalue weighted by atomic mass is 9.94. The Morgan fingerprint density at radius 1 is 1.11 bits per heavy atom. The molecule has 0 aliphatic carbocycles. The van der Waals surface area contributed by atoms with Crippen molar-refractivity contribution >= 4 is 28.8 Å². The van der Waals surface area contributed by atoms with Gasteiger partial charge in [0.05, 0.1) is 41.6 Å². The fraction of sp³-hybridized carbons (Fsp3) is 0.233. The summed E-state index contributed by atoms with van der Waals surface area (Å²) in [4.78, 5) is 30.3. The fourth-order valence-corrected chi connectivity index (χ4v) is 4.79. The Labute approximate surface area is 220 Å². The molecule has 192 valence electrons. The number of likely N-dealkylation sites (N-methyl/N-ethyl adjacent to an activating group) is 1. The molecule has 3 aromatic rings. The van der Waals surface area contributed by atoms with Crippen LogP contribution in [0.5, 0.6) is 11.5 Å². The first-order valence-corrected chi connectivity index (χ1v) is 12.3. The van der Waals surface area contributed by atoms with Crippen LogP contribution in [0, 0.1) is 11.3 Å². The quantitative estimate of drug-likeness (QED) is 0.299. The number of amides is 1. The highest BCUT2D eigenvalue weighted by atomic mass is 16.5. The van der Waals surface area contributed by atoms with Gasteiger partial charge in [0.15, 0.2) is 0 Å². The summed E-state index contributed by atoms with van der Waals surface area (Å²) in [5, 5.41) is 20.7. The van der Waals surface area contributed by atoms with E-state index < -0.39 is 17.7 Å². The van der Waals surface area contributed by atoms with E-state index in [2.05, 4.69) is 6.07 Å². The zero-order chi connectivity index (χ0) is 27.0. The zero-order valence-electron chi connectivity index (χ0n) is 21.3. The Hall–Kier alpha value is -4.77. The number of hydrogen-bond acceptors (Lipinski definition) is 7. The van der Waals surface area contributed by atoms with Crippen LogP contribution in [0.4, 0.5) is 11.4 Å². The van der Waals surface area contributed by atoms with Crippen LogP contribution in [0.3, 0.4) is 0 Å². The molecule has 5 rings (SSSR count). The van der Waals surface area contributed by atoms with Gasteiger partial charge in [-0.1, -0.05) is 12.1 Å². The molecule has 8 heteroatoms. The molecule has 1 N–H and O–H groups in total. The average Bonchev–Trinajstić information content (AvgIpc) is 3.18. The summed E-state index contributed by atoms with van der Waals surface area (Å²) in [7, 11) is 1.93. The van der Waals surface area contributed by atoms with Crippen LogP contribution in [-0.2, 0) is 9.59 Å². The van der Waals surface area contributed by atoms with Crippen LogP contribution < -0.4 is 19.3 Å². The minimum atomic E-state index is -0.913. The highest BCUT2D eigenvalue weighted by Crippen LogP contribution is 2.44. The van der Waals surface area contributed by atoms with Gasteiger partial charge >= 0.3 is 0 Å². The van der Waals surface area contributed by atoms with Crippen molar-refractivity contribution in [1.82, 2.24) is 0 Å². The van der Waals surface area contributed by atoms with Crippen LogP contribution in [0.25, 0.3) is 5.76 Å². The van der Waals surface area contributed by atoms with E-state index >= 15 is 0 Å². The number of ketones is 1. The first-order chi connectivity index (χ1) is 18.3. The molecule has 8 nitrogen and oxygen atoms in total. The van der Waals surface area contributed by atoms with Crippen LogP contribution >= 0.6 is 0 Å². The summed E-state index contributed by atoms with van der Waals surface area (Å²) < 4.78 is 11.6. The van der Waals surface area contributed by atoms with Gasteiger partial charge in [-0.05, 0) is 74.0 Å². The van der Waals surface area contributed by atoms with E-state index in [0.717, 1.165) is 5.69 Å².